The normalized spacial score (nSPS) is 12.5. The molecule has 4 aromatic rings. The predicted octanol–water partition coefficient (Wildman–Crippen LogP) is 8.24. The first-order valence-electron chi connectivity index (χ1n) is 15.9. The van der Waals surface area contributed by atoms with Crippen molar-refractivity contribution in [3.63, 3.8) is 0 Å². The molecule has 0 atom stereocenters. The van der Waals surface area contributed by atoms with Gasteiger partial charge in [0.05, 0.1) is 19.2 Å². The number of hydrogen-bond donors (Lipinski definition) is 3. The van der Waals surface area contributed by atoms with Crippen LogP contribution < -0.4 is 30.2 Å². The van der Waals surface area contributed by atoms with Gasteiger partial charge in [0, 0.05) is 41.6 Å². The first-order chi connectivity index (χ1) is 23.7. The van der Waals surface area contributed by atoms with Crippen molar-refractivity contribution in [2.75, 3.05) is 30.9 Å². The van der Waals surface area contributed by atoms with Gasteiger partial charge in [-0.25, -0.2) is 13.6 Å². The van der Waals surface area contributed by atoms with Crippen LogP contribution in [0.2, 0.25) is 0 Å². The summed E-state index contributed by atoms with van der Waals surface area (Å²) < 4.78 is 48.9. The van der Waals surface area contributed by atoms with E-state index in [0.29, 0.717) is 71.9 Å². The number of rotatable bonds is 12. The van der Waals surface area contributed by atoms with Gasteiger partial charge < -0.3 is 34.9 Å². The Hall–Kier alpha value is -5.46. The van der Waals surface area contributed by atoms with Gasteiger partial charge in [0.2, 0.25) is 12.8 Å². The maximum absolute atomic E-state index is 14.4. The standard InChI is InChI=1S/C25H28FN3O6.C7H6FNO.C5H10/c1-25(2,3)35-24(31)28-9-5-11-33-23-14-19-17(13-22(23)32-4)20(8-10-27-19)34-21-7-6-16(29-15-30)12-18(21)26;8-6-1-3-7(4-2-6)9-5-10;1-5(2)3-4-5/h6-8,10,12-15H,5,9,11H2,1-4H3,(H,28,31)(H,29,30);1-5H,(H,9,10);3-4H2,1-2H3. The van der Waals surface area contributed by atoms with Crippen LogP contribution in [0.5, 0.6) is 23.0 Å². The number of nitrogens with zero attached hydrogens (tertiary/aromatic N) is 1. The fourth-order valence-electron chi connectivity index (χ4n) is 3.97. The second-order valence-corrected chi connectivity index (χ2v) is 12.9. The lowest BCUT2D eigenvalue weighted by molar-refractivity contribution is -0.106. The maximum atomic E-state index is 14.4. The highest BCUT2D eigenvalue weighted by atomic mass is 19.1. The van der Waals surface area contributed by atoms with E-state index in [1.165, 1.54) is 56.3 Å². The third kappa shape index (κ3) is 13.6. The Morgan fingerprint density at radius 3 is 2.10 bits per heavy atom. The summed E-state index contributed by atoms with van der Waals surface area (Å²) in [6.45, 7) is 10.7. The average Bonchev–Trinajstić information content (AvgIpc) is 3.76. The molecule has 0 bridgehead atoms. The Bertz CT molecular complexity index is 1720. The van der Waals surface area contributed by atoms with Crippen LogP contribution in [0.3, 0.4) is 0 Å². The molecule has 0 unspecified atom stereocenters. The summed E-state index contributed by atoms with van der Waals surface area (Å²) in [6.07, 6.45) is 5.52. The summed E-state index contributed by atoms with van der Waals surface area (Å²) in [5, 5.41) is 8.04. The third-order valence-corrected chi connectivity index (χ3v) is 6.93. The predicted molar refractivity (Wildman–Crippen MR) is 188 cm³/mol. The van der Waals surface area contributed by atoms with Gasteiger partial charge >= 0.3 is 6.09 Å². The molecule has 0 aliphatic heterocycles. The highest BCUT2D eigenvalue weighted by Gasteiger charge is 2.30. The number of halogens is 2. The number of aromatic nitrogens is 1. The van der Waals surface area contributed by atoms with Gasteiger partial charge in [-0.05, 0) is 94.0 Å². The van der Waals surface area contributed by atoms with Gasteiger partial charge in [0.25, 0.3) is 0 Å². The first kappa shape index (κ1) is 39.0. The number of fused-ring (bicyclic) bond motifs is 1. The quantitative estimate of drug-likeness (QED) is 0.0997. The van der Waals surface area contributed by atoms with Crippen LogP contribution in [0.25, 0.3) is 10.9 Å². The lowest BCUT2D eigenvalue weighted by Crippen LogP contribution is -2.33. The summed E-state index contributed by atoms with van der Waals surface area (Å²) >= 11 is 0. The zero-order chi connectivity index (χ0) is 36.7. The summed E-state index contributed by atoms with van der Waals surface area (Å²) in [4.78, 5) is 36.5. The number of anilines is 2. The molecule has 1 heterocycles. The smallest absolute Gasteiger partial charge is 0.407 e. The summed E-state index contributed by atoms with van der Waals surface area (Å²) in [5.74, 6) is 0.339. The molecular weight excluding hydrogens is 650 g/mol. The number of carbonyl (C=O) groups excluding carboxylic acids is 3. The van der Waals surface area contributed by atoms with Crippen LogP contribution in [-0.2, 0) is 14.3 Å². The van der Waals surface area contributed by atoms with E-state index in [-0.39, 0.29) is 11.6 Å². The van der Waals surface area contributed by atoms with E-state index < -0.39 is 17.5 Å². The van der Waals surface area contributed by atoms with Crippen molar-refractivity contribution in [2.24, 2.45) is 5.41 Å². The van der Waals surface area contributed by atoms with E-state index in [2.05, 4.69) is 34.8 Å². The van der Waals surface area contributed by atoms with Crippen molar-refractivity contribution < 1.29 is 42.1 Å². The highest BCUT2D eigenvalue weighted by Crippen LogP contribution is 2.43. The van der Waals surface area contributed by atoms with E-state index in [0.717, 1.165) is 11.5 Å². The van der Waals surface area contributed by atoms with Gasteiger partial charge in [-0.1, -0.05) is 13.8 Å². The zero-order valence-electron chi connectivity index (χ0n) is 29.1. The fraction of sp³-hybridized carbons (Fsp3) is 0.351. The number of carbonyl (C=O) groups is 3. The molecule has 3 N–H and O–H groups in total. The Labute approximate surface area is 290 Å². The van der Waals surface area contributed by atoms with Crippen LogP contribution in [0.4, 0.5) is 25.0 Å². The van der Waals surface area contributed by atoms with Gasteiger partial charge in [-0.15, -0.1) is 0 Å². The third-order valence-electron chi connectivity index (χ3n) is 6.93. The van der Waals surface area contributed by atoms with Crippen molar-refractivity contribution in [2.45, 2.75) is 59.5 Å². The summed E-state index contributed by atoms with van der Waals surface area (Å²) in [6, 6.07) is 14.7. The molecule has 50 heavy (non-hydrogen) atoms. The minimum atomic E-state index is -0.631. The molecule has 11 nitrogen and oxygen atoms in total. The summed E-state index contributed by atoms with van der Waals surface area (Å²) in [7, 11) is 1.51. The lowest BCUT2D eigenvalue weighted by Gasteiger charge is -2.19. The minimum absolute atomic E-state index is 0.00858. The molecule has 3 aromatic carbocycles. The maximum Gasteiger partial charge on any atom is 0.407 e. The number of pyridine rings is 1. The number of methoxy groups -OCH3 is 1. The van der Waals surface area contributed by atoms with Crippen LogP contribution in [0, 0.1) is 17.0 Å². The van der Waals surface area contributed by atoms with Gasteiger partial charge in [0.1, 0.15) is 17.2 Å². The van der Waals surface area contributed by atoms with Gasteiger partial charge in [-0.2, -0.15) is 0 Å². The Morgan fingerprint density at radius 2 is 1.52 bits per heavy atom. The number of nitrogens with one attached hydrogen (secondary N) is 3. The SMILES string of the molecule is CC1(C)CC1.COc1cc2c(Oc3ccc(NC=O)cc3F)ccnc2cc1OCCCNC(=O)OC(C)(C)C.O=CNc1ccc(F)cc1. The first-order valence-corrected chi connectivity index (χ1v) is 15.9. The fourth-order valence-corrected chi connectivity index (χ4v) is 3.97. The molecule has 1 aromatic heterocycles. The van der Waals surface area contributed by atoms with E-state index in [9.17, 15) is 23.2 Å². The molecule has 3 amide bonds. The molecule has 1 aliphatic rings. The van der Waals surface area contributed by atoms with E-state index in [1.807, 2.05) is 0 Å². The number of alkyl carbamates (subject to hydrolysis) is 1. The number of hydrogen-bond acceptors (Lipinski definition) is 8. The van der Waals surface area contributed by atoms with Crippen LogP contribution in [0.15, 0.2) is 66.9 Å². The topological polar surface area (TPSA) is 137 Å². The van der Waals surface area contributed by atoms with Crippen LogP contribution in [-0.4, -0.2) is 49.8 Å². The number of benzene rings is 3. The monoisotopic (exact) mass is 694 g/mol. The number of amides is 3. The van der Waals surface area contributed by atoms with E-state index >= 15 is 0 Å². The zero-order valence-corrected chi connectivity index (χ0v) is 29.1. The molecule has 1 fully saturated rings. The molecule has 0 radical (unpaired) electrons. The molecule has 5 rings (SSSR count). The molecule has 13 heteroatoms. The molecule has 0 spiro atoms. The highest BCUT2D eigenvalue weighted by molar-refractivity contribution is 5.88. The molecule has 1 aliphatic carbocycles. The molecular formula is C37H44F2N4O7. The molecule has 0 saturated heterocycles. The van der Waals surface area contributed by atoms with E-state index in [1.54, 1.807) is 45.2 Å². The van der Waals surface area contributed by atoms with Crippen molar-refractivity contribution >= 4 is 41.2 Å². The van der Waals surface area contributed by atoms with Crippen molar-refractivity contribution in [1.82, 2.24) is 10.3 Å². The molecule has 1 saturated carbocycles. The van der Waals surface area contributed by atoms with Gasteiger partial charge in [0.15, 0.2) is 23.1 Å². The average molecular weight is 695 g/mol. The Balaban J connectivity index is 0.000000368. The van der Waals surface area contributed by atoms with Crippen molar-refractivity contribution in [1.29, 1.82) is 0 Å². The van der Waals surface area contributed by atoms with Crippen LogP contribution >= 0.6 is 0 Å². The summed E-state index contributed by atoms with van der Waals surface area (Å²) in [5.41, 5.74) is 1.66. The largest absolute Gasteiger partial charge is 0.493 e. The van der Waals surface area contributed by atoms with Crippen molar-refractivity contribution in [3.05, 3.63) is 78.5 Å². The van der Waals surface area contributed by atoms with E-state index in [4.69, 9.17) is 18.9 Å². The van der Waals surface area contributed by atoms with Crippen molar-refractivity contribution in [3.8, 4) is 23.0 Å². The second kappa shape index (κ2) is 18.3. The van der Waals surface area contributed by atoms with Gasteiger partial charge in [-0.3, -0.25) is 14.6 Å². The number of ether oxygens (including phenoxy) is 4. The molecule has 268 valence electrons. The second-order valence-electron chi connectivity index (χ2n) is 12.9. The Morgan fingerprint density at radius 1 is 0.880 bits per heavy atom. The van der Waals surface area contributed by atoms with Crippen LogP contribution in [0.1, 0.15) is 53.9 Å². The Kier molecular flexibility index (Phi) is 14.3. The lowest BCUT2D eigenvalue weighted by atomic mass is 10.1. The minimum Gasteiger partial charge on any atom is -0.493 e.